The molecule has 0 aliphatic rings. The number of benzene rings is 1. The summed E-state index contributed by atoms with van der Waals surface area (Å²) in [6, 6.07) is 7.07. The summed E-state index contributed by atoms with van der Waals surface area (Å²) in [5.74, 6) is 0.651. The third-order valence-corrected chi connectivity index (χ3v) is 3.27. The minimum absolute atomic E-state index is 0.243. The van der Waals surface area contributed by atoms with Crippen molar-refractivity contribution in [2.75, 3.05) is 19.8 Å². The molecule has 1 rings (SSSR count). The van der Waals surface area contributed by atoms with E-state index in [4.69, 9.17) is 14.2 Å². The van der Waals surface area contributed by atoms with Gasteiger partial charge in [0.2, 0.25) is 0 Å². The molecule has 0 spiro atoms. The minimum atomic E-state index is -0.640. The molecule has 140 valence electrons. The van der Waals surface area contributed by atoms with Gasteiger partial charge in [0.15, 0.2) is 18.1 Å². The second-order valence-corrected chi connectivity index (χ2v) is 5.90. The van der Waals surface area contributed by atoms with Crippen LogP contribution in [0.25, 0.3) is 0 Å². The van der Waals surface area contributed by atoms with Gasteiger partial charge < -0.3 is 14.2 Å². The number of hydrogen-bond donors (Lipinski definition) is 2. The Morgan fingerprint density at radius 2 is 1.68 bits per heavy atom. The van der Waals surface area contributed by atoms with E-state index >= 15 is 0 Å². The van der Waals surface area contributed by atoms with Crippen molar-refractivity contribution in [3.05, 3.63) is 24.3 Å². The molecule has 0 saturated carbocycles. The zero-order valence-electron chi connectivity index (χ0n) is 15.3. The molecule has 0 fully saturated rings. The van der Waals surface area contributed by atoms with E-state index < -0.39 is 17.9 Å². The highest BCUT2D eigenvalue weighted by Gasteiger charge is 2.14. The van der Waals surface area contributed by atoms with Gasteiger partial charge in [0.05, 0.1) is 6.61 Å². The van der Waals surface area contributed by atoms with E-state index in [0.717, 1.165) is 6.42 Å². The summed E-state index contributed by atoms with van der Waals surface area (Å²) in [5.41, 5.74) is 4.62. The topological polar surface area (TPSA) is 85.9 Å². The van der Waals surface area contributed by atoms with E-state index in [-0.39, 0.29) is 6.61 Å². The van der Waals surface area contributed by atoms with Gasteiger partial charge in [-0.2, -0.15) is 0 Å². The van der Waals surface area contributed by atoms with Crippen LogP contribution >= 0.6 is 0 Å². The van der Waals surface area contributed by atoms with E-state index in [2.05, 4.69) is 24.7 Å². The fourth-order valence-corrected chi connectivity index (χ4v) is 1.81. The molecule has 7 nitrogen and oxygen atoms in total. The van der Waals surface area contributed by atoms with Gasteiger partial charge in [-0.25, -0.2) is 0 Å². The summed E-state index contributed by atoms with van der Waals surface area (Å²) in [4.78, 5) is 23.6. The van der Waals surface area contributed by atoms with Crippen molar-refractivity contribution in [3.63, 3.8) is 0 Å². The summed E-state index contributed by atoms with van der Waals surface area (Å²) in [5, 5.41) is 0. The minimum Gasteiger partial charge on any atom is -0.490 e. The first-order chi connectivity index (χ1) is 11.9. The lowest BCUT2D eigenvalue weighted by Crippen LogP contribution is -2.47. The van der Waals surface area contributed by atoms with Crippen LogP contribution < -0.4 is 20.3 Å². The quantitative estimate of drug-likeness (QED) is 0.630. The van der Waals surface area contributed by atoms with E-state index in [1.54, 1.807) is 25.1 Å². The summed E-state index contributed by atoms with van der Waals surface area (Å²) < 4.78 is 16.2. The van der Waals surface area contributed by atoms with E-state index in [9.17, 15) is 9.59 Å². The number of rotatable bonds is 10. The maximum absolute atomic E-state index is 11.8. The Balaban J connectivity index is 2.31. The third-order valence-electron chi connectivity index (χ3n) is 3.27. The first-order valence-corrected chi connectivity index (χ1v) is 8.49. The fourth-order valence-electron chi connectivity index (χ4n) is 1.81. The molecule has 25 heavy (non-hydrogen) atoms. The summed E-state index contributed by atoms with van der Waals surface area (Å²) in [6.07, 6.45) is 0.232. The van der Waals surface area contributed by atoms with Crippen molar-refractivity contribution in [1.29, 1.82) is 0 Å². The molecule has 2 amide bonds. The van der Waals surface area contributed by atoms with Crippen LogP contribution in [0.15, 0.2) is 24.3 Å². The van der Waals surface area contributed by atoms with Crippen LogP contribution in [0.2, 0.25) is 0 Å². The highest BCUT2D eigenvalue weighted by Crippen LogP contribution is 2.26. The third kappa shape index (κ3) is 8.39. The van der Waals surface area contributed by atoms with E-state index in [1.165, 1.54) is 0 Å². The molecular formula is C18H28N2O5. The zero-order chi connectivity index (χ0) is 18.7. The average molecular weight is 352 g/mol. The lowest BCUT2D eigenvalue weighted by atomic mass is 10.1. The van der Waals surface area contributed by atoms with Crippen LogP contribution in [0.1, 0.15) is 34.1 Å². The Hall–Kier alpha value is -2.28. The predicted molar refractivity (Wildman–Crippen MR) is 94.3 cm³/mol. The first-order valence-electron chi connectivity index (χ1n) is 8.49. The van der Waals surface area contributed by atoms with Crippen molar-refractivity contribution in [2.24, 2.45) is 5.92 Å². The Morgan fingerprint density at radius 1 is 1.04 bits per heavy atom. The van der Waals surface area contributed by atoms with Crippen LogP contribution in [-0.2, 0) is 14.3 Å². The number of amides is 2. The van der Waals surface area contributed by atoms with Gasteiger partial charge in [0.1, 0.15) is 6.10 Å². The van der Waals surface area contributed by atoms with Crippen molar-refractivity contribution in [3.8, 4) is 11.5 Å². The summed E-state index contributed by atoms with van der Waals surface area (Å²) in [7, 11) is 0. The highest BCUT2D eigenvalue weighted by molar-refractivity contribution is 5.84. The van der Waals surface area contributed by atoms with E-state index in [0.29, 0.717) is 30.6 Å². The molecule has 0 radical (unpaired) electrons. The molecule has 0 heterocycles. The Labute approximate surface area is 149 Å². The van der Waals surface area contributed by atoms with Crippen molar-refractivity contribution < 1.29 is 23.8 Å². The van der Waals surface area contributed by atoms with Gasteiger partial charge >= 0.3 is 0 Å². The zero-order valence-corrected chi connectivity index (χ0v) is 15.3. The lowest BCUT2D eigenvalue weighted by molar-refractivity contribution is -0.136. The molecule has 7 heteroatoms. The molecule has 0 aromatic heterocycles. The normalized spacial score (nSPS) is 11.7. The first kappa shape index (κ1) is 20.8. The Bertz CT molecular complexity index is 548. The maximum Gasteiger partial charge on any atom is 0.276 e. The second kappa shape index (κ2) is 11.3. The highest BCUT2D eigenvalue weighted by atomic mass is 16.5. The van der Waals surface area contributed by atoms with E-state index in [1.807, 2.05) is 13.0 Å². The van der Waals surface area contributed by atoms with Gasteiger partial charge in [-0.15, -0.1) is 0 Å². The molecule has 0 aliphatic heterocycles. The van der Waals surface area contributed by atoms with Crippen LogP contribution in [0.5, 0.6) is 11.5 Å². The molecule has 0 aliphatic carbocycles. The van der Waals surface area contributed by atoms with Crippen LogP contribution in [0.4, 0.5) is 0 Å². The van der Waals surface area contributed by atoms with Crippen molar-refractivity contribution >= 4 is 11.8 Å². The predicted octanol–water partition coefficient (Wildman–Crippen LogP) is 2.06. The molecule has 1 atom stereocenters. The Morgan fingerprint density at radius 3 is 2.28 bits per heavy atom. The molecule has 0 saturated heterocycles. The number of hydrogen-bond acceptors (Lipinski definition) is 5. The second-order valence-electron chi connectivity index (χ2n) is 5.90. The van der Waals surface area contributed by atoms with Crippen molar-refractivity contribution in [2.45, 2.75) is 40.2 Å². The van der Waals surface area contributed by atoms with Gasteiger partial charge in [0, 0.05) is 6.61 Å². The standard InChI is InChI=1S/C18H28N2O5/c1-5-23-15-8-6-7-9-16(15)25-12-17(21)19-20-18(22)14(4)24-11-10-13(2)3/h6-9,13-14H,5,10-12H2,1-4H3,(H,19,21)(H,20,22). The average Bonchev–Trinajstić information content (AvgIpc) is 2.58. The number of carbonyl (C=O) groups is 2. The monoisotopic (exact) mass is 352 g/mol. The number of ether oxygens (including phenoxy) is 3. The van der Waals surface area contributed by atoms with Gasteiger partial charge in [0.25, 0.3) is 11.8 Å². The molecule has 1 aromatic carbocycles. The number of hydrazine groups is 1. The smallest absolute Gasteiger partial charge is 0.276 e. The van der Waals surface area contributed by atoms with Crippen molar-refractivity contribution in [1.82, 2.24) is 10.9 Å². The van der Waals surface area contributed by atoms with Gasteiger partial charge in [-0.1, -0.05) is 26.0 Å². The SMILES string of the molecule is CCOc1ccccc1OCC(=O)NNC(=O)C(C)OCCC(C)C. The number of nitrogens with one attached hydrogen (secondary N) is 2. The lowest BCUT2D eigenvalue weighted by Gasteiger charge is -2.15. The fraction of sp³-hybridized carbons (Fsp3) is 0.556. The van der Waals surface area contributed by atoms with Gasteiger partial charge in [-0.3, -0.25) is 20.4 Å². The summed E-state index contributed by atoms with van der Waals surface area (Å²) in [6.45, 7) is 8.41. The molecule has 0 bridgehead atoms. The maximum atomic E-state index is 11.8. The molecule has 1 aromatic rings. The number of para-hydroxylation sites is 2. The van der Waals surface area contributed by atoms with Crippen LogP contribution in [0.3, 0.4) is 0 Å². The number of carbonyl (C=O) groups excluding carboxylic acids is 2. The van der Waals surface area contributed by atoms with Crippen LogP contribution in [-0.4, -0.2) is 37.7 Å². The van der Waals surface area contributed by atoms with Gasteiger partial charge in [-0.05, 0) is 38.3 Å². The van der Waals surface area contributed by atoms with Crippen LogP contribution in [0, 0.1) is 5.92 Å². The summed E-state index contributed by atoms with van der Waals surface area (Å²) >= 11 is 0. The molecule has 2 N–H and O–H groups in total. The largest absolute Gasteiger partial charge is 0.490 e. The Kier molecular flexibility index (Phi) is 9.39. The molecule has 1 unspecified atom stereocenters. The molecular weight excluding hydrogens is 324 g/mol.